The Balaban J connectivity index is 2.43. The molecule has 0 saturated carbocycles. The molecule has 0 unspecified atom stereocenters. The summed E-state index contributed by atoms with van der Waals surface area (Å²) in [5.41, 5.74) is -1.07. The monoisotopic (exact) mass is 364 g/mol. The van der Waals surface area contributed by atoms with Gasteiger partial charge in [0.25, 0.3) is 0 Å². The first-order valence-corrected chi connectivity index (χ1v) is 7.42. The number of hydrogen-bond donors (Lipinski definition) is 0. The van der Waals surface area contributed by atoms with Gasteiger partial charge in [0.15, 0.2) is 11.6 Å². The van der Waals surface area contributed by atoms with Crippen molar-refractivity contribution in [2.45, 2.75) is 6.18 Å². The lowest BCUT2D eigenvalue weighted by molar-refractivity contribution is -0.0803. The van der Waals surface area contributed by atoms with E-state index in [-0.39, 0.29) is 17.2 Å². The molecule has 0 fully saturated rings. The molecular formula is C19H15F3O4. The van der Waals surface area contributed by atoms with Crippen molar-refractivity contribution in [1.82, 2.24) is 0 Å². The fraction of sp³-hybridized carbons (Fsp3) is 0.158. The molecule has 2 aromatic rings. The molecule has 0 aliphatic carbocycles. The second-order valence-electron chi connectivity index (χ2n) is 5.21. The highest BCUT2D eigenvalue weighted by molar-refractivity contribution is 6.31. The van der Waals surface area contributed by atoms with Crippen LogP contribution in [0, 0.1) is 0 Å². The van der Waals surface area contributed by atoms with Gasteiger partial charge in [0, 0.05) is 17.2 Å². The second-order valence-corrected chi connectivity index (χ2v) is 5.21. The molecule has 2 rings (SSSR count). The summed E-state index contributed by atoms with van der Waals surface area (Å²) in [6, 6.07) is 10.9. The van der Waals surface area contributed by atoms with Crippen LogP contribution in [0.2, 0.25) is 0 Å². The number of carbonyl (C=O) groups is 2. The quantitative estimate of drug-likeness (QED) is 0.333. The van der Waals surface area contributed by atoms with E-state index in [1.807, 2.05) is 0 Å². The van der Waals surface area contributed by atoms with E-state index in [1.165, 1.54) is 62.8 Å². The van der Waals surface area contributed by atoms with Crippen molar-refractivity contribution in [2.24, 2.45) is 0 Å². The molecule has 0 aliphatic heterocycles. The highest BCUT2D eigenvalue weighted by atomic mass is 19.4. The summed E-state index contributed by atoms with van der Waals surface area (Å²) in [7, 11) is 2.83. The molecule has 0 heterocycles. The minimum Gasteiger partial charge on any atom is -0.497 e. The first-order valence-electron chi connectivity index (χ1n) is 7.42. The third kappa shape index (κ3) is 4.72. The van der Waals surface area contributed by atoms with Crippen molar-refractivity contribution in [3.05, 3.63) is 71.3 Å². The van der Waals surface area contributed by atoms with E-state index >= 15 is 0 Å². The second kappa shape index (κ2) is 7.86. The molecule has 4 nitrogen and oxygen atoms in total. The number of allylic oxidation sites excluding steroid dienone is 2. The Morgan fingerprint density at radius 3 is 1.38 bits per heavy atom. The summed E-state index contributed by atoms with van der Waals surface area (Å²) in [6.45, 7) is 0. The van der Waals surface area contributed by atoms with Crippen LogP contribution < -0.4 is 9.47 Å². The van der Waals surface area contributed by atoms with Crippen LogP contribution in [-0.4, -0.2) is 32.0 Å². The molecule has 7 heteroatoms. The molecule has 0 radical (unpaired) electrons. The Bertz CT molecular complexity index is 758. The predicted octanol–water partition coefficient (Wildman–Crippen LogP) is 4.26. The summed E-state index contributed by atoms with van der Waals surface area (Å²) >= 11 is 0. The van der Waals surface area contributed by atoms with E-state index in [2.05, 4.69) is 0 Å². The van der Waals surface area contributed by atoms with Crippen LogP contribution in [0.4, 0.5) is 13.2 Å². The Labute approximate surface area is 147 Å². The highest BCUT2D eigenvalue weighted by Crippen LogP contribution is 2.25. The molecule has 26 heavy (non-hydrogen) atoms. The number of rotatable bonds is 6. The number of halogens is 3. The topological polar surface area (TPSA) is 52.6 Å². The fourth-order valence-corrected chi connectivity index (χ4v) is 2.19. The first kappa shape index (κ1) is 19.2. The van der Waals surface area contributed by atoms with E-state index in [4.69, 9.17) is 9.47 Å². The van der Waals surface area contributed by atoms with Gasteiger partial charge in [-0.2, -0.15) is 13.2 Å². The molecule has 0 amide bonds. The van der Waals surface area contributed by atoms with Gasteiger partial charge in [0.2, 0.25) is 0 Å². The van der Waals surface area contributed by atoms with E-state index in [0.29, 0.717) is 11.5 Å². The lowest BCUT2D eigenvalue weighted by Gasteiger charge is -2.09. The number of alkyl halides is 3. The van der Waals surface area contributed by atoms with Gasteiger partial charge in [-0.05, 0) is 48.5 Å². The van der Waals surface area contributed by atoms with Crippen LogP contribution in [0.25, 0.3) is 0 Å². The molecule has 0 atom stereocenters. The van der Waals surface area contributed by atoms with Crippen LogP contribution in [0.1, 0.15) is 20.7 Å². The number of benzene rings is 2. The summed E-state index contributed by atoms with van der Waals surface area (Å²) in [5.74, 6) is -1.18. The lowest BCUT2D eigenvalue weighted by atomic mass is 9.95. The minimum absolute atomic E-state index is 0.0526. The normalized spacial score (nSPS) is 10.8. The van der Waals surface area contributed by atoms with E-state index in [9.17, 15) is 22.8 Å². The summed E-state index contributed by atoms with van der Waals surface area (Å²) in [4.78, 5) is 25.0. The molecule has 2 aromatic carbocycles. The summed E-state index contributed by atoms with van der Waals surface area (Å²) < 4.78 is 48.5. The molecule has 0 N–H and O–H groups in total. The standard InChI is InChI=1S/C19H15F3O4/c1-25-14-7-3-12(4-8-14)17(23)16(11-19(20,21)22)18(24)13-5-9-15(26-2)10-6-13/h3-11H,1-2H3. The van der Waals surface area contributed by atoms with E-state index in [0.717, 1.165) is 0 Å². The average molecular weight is 364 g/mol. The zero-order valence-corrected chi connectivity index (χ0v) is 14.0. The van der Waals surface area contributed by atoms with Gasteiger partial charge in [0.05, 0.1) is 19.8 Å². The van der Waals surface area contributed by atoms with Crippen LogP contribution in [-0.2, 0) is 0 Å². The highest BCUT2D eigenvalue weighted by Gasteiger charge is 2.31. The molecule has 0 aromatic heterocycles. The predicted molar refractivity (Wildman–Crippen MR) is 88.8 cm³/mol. The first-order chi connectivity index (χ1) is 12.2. The van der Waals surface area contributed by atoms with Crippen molar-refractivity contribution < 1.29 is 32.2 Å². The smallest absolute Gasteiger partial charge is 0.410 e. The molecule has 136 valence electrons. The maximum Gasteiger partial charge on any atom is 0.410 e. The fourth-order valence-electron chi connectivity index (χ4n) is 2.19. The zero-order valence-electron chi connectivity index (χ0n) is 14.0. The van der Waals surface area contributed by atoms with Crippen LogP contribution in [0.15, 0.2) is 60.2 Å². The van der Waals surface area contributed by atoms with Crippen molar-refractivity contribution in [1.29, 1.82) is 0 Å². The summed E-state index contributed by atoms with van der Waals surface area (Å²) in [5, 5.41) is 0. The molecular weight excluding hydrogens is 349 g/mol. The molecule has 0 bridgehead atoms. The third-order valence-electron chi connectivity index (χ3n) is 3.50. The minimum atomic E-state index is -4.82. The van der Waals surface area contributed by atoms with Gasteiger partial charge in [-0.15, -0.1) is 0 Å². The van der Waals surface area contributed by atoms with E-state index in [1.54, 1.807) is 0 Å². The maximum atomic E-state index is 12.9. The van der Waals surface area contributed by atoms with Crippen LogP contribution in [0.5, 0.6) is 11.5 Å². The Hall–Kier alpha value is -3.09. The zero-order chi connectivity index (χ0) is 19.3. The average Bonchev–Trinajstić information content (AvgIpc) is 2.64. The number of hydrogen-bond acceptors (Lipinski definition) is 4. The number of carbonyl (C=O) groups excluding carboxylic acids is 2. The van der Waals surface area contributed by atoms with Crippen molar-refractivity contribution in [3.63, 3.8) is 0 Å². The molecule has 0 spiro atoms. The lowest BCUT2D eigenvalue weighted by Crippen LogP contribution is -2.18. The Morgan fingerprint density at radius 1 is 0.769 bits per heavy atom. The van der Waals surface area contributed by atoms with Crippen molar-refractivity contribution >= 4 is 11.6 Å². The summed E-state index contributed by atoms with van der Waals surface area (Å²) in [6.07, 6.45) is -5.09. The van der Waals surface area contributed by atoms with E-state index < -0.39 is 23.3 Å². The molecule has 0 saturated heterocycles. The number of methoxy groups -OCH3 is 2. The Morgan fingerprint density at radius 2 is 1.12 bits per heavy atom. The number of ketones is 2. The number of ether oxygens (including phenoxy) is 2. The van der Waals surface area contributed by atoms with Gasteiger partial charge < -0.3 is 9.47 Å². The van der Waals surface area contributed by atoms with Gasteiger partial charge in [0.1, 0.15) is 11.5 Å². The number of Topliss-reactive ketones (excluding diaryl/α,β-unsaturated/α-hetero) is 2. The third-order valence-corrected chi connectivity index (χ3v) is 3.50. The van der Waals surface area contributed by atoms with Gasteiger partial charge in [-0.25, -0.2) is 0 Å². The van der Waals surface area contributed by atoms with Crippen LogP contribution >= 0.6 is 0 Å². The SMILES string of the molecule is COc1ccc(C(=O)C(=CC(F)(F)F)C(=O)c2ccc(OC)cc2)cc1. The van der Waals surface area contributed by atoms with Crippen molar-refractivity contribution in [2.75, 3.05) is 14.2 Å². The van der Waals surface area contributed by atoms with Gasteiger partial charge >= 0.3 is 6.18 Å². The largest absolute Gasteiger partial charge is 0.497 e. The Kier molecular flexibility index (Phi) is 5.82. The van der Waals surface area contributed by atoms with Crippen LogP contribution in [0.3, 0.4) is 0 Å². The van der Waals surface area contributed by atoms with Crippen molar-refractivity contribution in [3.8, 4) is 11.5 Å². The maximum absolute atomic E-state index is 12.9. The van der Waals surface area contributed by atoms with Gasteiger partial charge in [-0.3, -0.25) is 9.59 Å². The molecule has 0 aliphatic rings. The van der Waals surface area contributed by atoms with Gasteiger partial charge in [-0.1, -0.05) is 0 Å².